The smallest absolute Gasteiger partial charge is 0.328 e. The van der Waals surface area contributed by atoms with Crippen molar-refractivity contribution in [2.45, 2.75) is 13.0 Å². The zero-order valence-electron chi connectivity index (χ0n) is 14.8. The second-order valence-corrected chi connectivity index (χ2v) is 6.63. The molecule has 0 aliphatic heterocycles. The van der Waals surface area contributed by atoms with Gasteiger partial charge in [0, 0.05) is 4.47 Å². The number of carbonyl (C=O) groups excluding carboxylic acids is 2. The maximum absolute atomic E-state index is 13.6. The molecule has 0 aromatic heterocycles. The summed E-state index contributed by atoms with van der Waals surface area (Å²) < 4.78 is 32.6. The molecule has 0 saturated heterocycles. The Balaban J connectivity index is 2.19. The summed E-state index contributed by atoms with van der Waals surface area (Å²) in [5.41, 5.74) is 0.778. The molecule has 2 aromatic carbocycles. The summed E-state index contributed by atoms with van der Waals surface area (Å²) >= 11 is 3.34. The van der Waals surface area contributed by atoms with Crippen molar-refractivity contribution in [3.8, 4) is 0 Å². The number of hydrogen-bond donors (Lipinski definition) is 1. The number of nitrogens with zero attached hydrogens (tertiary/aromatic N) is 1. The third-order valence-electron chi connectivity index (χ3n) is 3.75. The summed E-state index contributed by atoms with van der Waals surface area (Å²) in [6.07, 6.45) is 0. The molecule has 0 bridgehead atoms. The first-order valence-electron chi connectivity index (χ1n) is 8.19. The first-order chi connectivity index (χ1) is 12.8. The molecular formula is C19H19BrF2N2O3. The zero-order chi connectivity index (χ0) is 20.0. The predicted octanol–water partition coefficient (Wildman–Crippen LogP) is 3.90. The molecule has 0 heterocycles. The number of anilines is 1. The number of para-hydroxylation sites is 1. The standard InChI is InChI=1S/C19H19BrF2N2O3/c1-3-27-19(26)18(12-8-9-14(21)15(22)10-12)24(2)11-17(25)23-16-7-5-4-6-13(16)20/h4-10,18H,3,11H2,1-2H3,(H,23,25)/t18-/m1/s1. The molecule has 5 nitrogen and oxygen atoms in total. The van der Waals surface area contributed by atoms with E-state index in [1.165, 1.54) is 18.0 Å². The highest BCUT2D eigenvalue weighted by Crippen LogP contribution is 2.24. The van der Waals surface area contributed by atoms with Crippen LogP contribution >= 0.6 is 15.9 Å². The van der Waals surface area contributed by atoms with Gasteiger partial charge in [0.1, 0.15) is 6.04 Å². The molecule has 0 aliphatic rings. The van der Waals surface area contributed by atoms with E-state index in [0.29, 0.717) is 10.2 Å². The van der Waals surface area contributed by atoms with E-state index in [0.717, 1.165) is 12.1 Å². The van der Waals surface area contributed by atoms with Gasteiger partial charge >= 0.3 is 5.97 Å². The third-order valence-corrected chi connectivity index (χ3v) is 4.44. The Bertz CT molecular complexity index is 832. The zero-order valence-corrected chi connectivity index (χ0v) is 16.4. The summed E-state index contributed by atoms with van der Waals surface area (Å²) in [6, 6.07) is 9.19. The number of halogens is 3. The fourth-order valence-corrected chi connectivity index (χ4v) is 2.93. The van der Waals surface area contributed by atoms with Crippen molar-refractivity contribution in [2.24, 2.45) is 0 Å². The van der Waals surface area contributed by atoms with Crippen LogP contribution in [0.4, 0.5) is 14.5 Å². The van der Waals surface area contributed by atoms with Crippen molar-refractivity contribution in [2.75, 3.05) is 25.5 Å². The molecule has 0 fully saturated rings. The molecule has 0 saturated carbocycles. The number of rotatable bonds is 7. The highest BCUT2D eigenvalue weighted by molar-refractivity contribution is 9.10. The second-order valence-electron chi connectivity index (χ2n) is 5.77. The molecule has 2 rings (SSSR count). The average Bonchev–Trinajstić information content (AvgIpc) is 2.60. The summed E-state index contributed by atoms with van der Waals surface area (Å²) in [6.45, 7) is 1.60. The maximum Gasteiger partial charge on any atom is 0.328 e. The maximum atomic E-state index is 13.6. The van der Waals surface area contributed by atoms with Gasteiger partial charge in [0.15, 0.2) is 11.6 Å². The summed E-state index contributed by atoms with van der Waals surface area (Å²) in [5, 5.41) is 2.73. The average molecular weight is 441 g/mol. The van der Waals surface area contributed by atoms with E-state index >= 15 is 0 Å². The van der Waals surface area contributed by atoms with Crippen LogP contribution in [-0.2, 0) is 14.3 Å². The van der Waals surface area contributed by atoms with Gasteiger partial charge in [-0.05, 0) is 59.7 Å². The SMILES string of the molecule is CCOC(=O)[C@@H](c1ccc(F)c(F)c1)N(C)CC(=O)Nc1ccccc1Br. The minimum absolute atomic E-state index is 0.121. The van der Waals surface area contributed by atoms with Crippen molar-refractivity contribution in [3.63, 3.8) is 0 Å². The first kappa shape index (κ1) is 21.0. The van der Waals surface area contributed by atoms with Gasteiger partial charge in [-0.1, -0.05) is 18.2 Å². The Morgan fingerprint density at radius 1 is 1.19 bits per heavy atom. The van der Waals surface area contributed by atoms with Crippen LogP contribution in [0.3, 0.4) is 0 Å². The summed E-state index contributed by atoms with van der Waals surface area (Å²) in [5.74, 6) is -3.12. The lowest BCUT2D eigenvalue weighted by molar-refractivity contribution is -0.149. The number of likely N-dealkylation sites (N-methyl/N-ethyl adjacent to an activating group) is 1. The summed E-state index contributed by atoms with van der Waals surface area (Å²) in [4.78, 5) is 26.1. The van der Waals surface area contributed by atoms with Gasteiger partial charge in [0.05, 0.1) is 18.8 Å². The Kier molecular flexibility index (Phi) is 7.44. The molecular weight excluding hydrogens is 422 g/mol. The Morgan fingerprint density at radius 3 is 2.52 bits per heavy atom. The number of hydrogen-bond acceptors (Lipinski definition) is 4. The second kappa shape index (κ2) is 9.57. The van der Waals surface area contributed by atoms with E-state index in [-0.39, 0.29) is 24.6 Å². The van der Waals surface area contributed by atoms with Crippen molar-refractivity contribution >= 4 is 33.5 Å². The van der Waals surface area contributed by atoms with E-state index < -0.39 is 23.6 Å². The minimum Gasteiger partial charge on any atom is -0.465 e. The van der Waals surface area contributed by atoms with Crippen molar-refractivity contribution in [1.29, 1.82) is 0 Å². The molecule has 8 heteroatoms. The minimum atomic E-state index is -1.08. The van der Waals surface area contributed by atoms with Crippen LogP contribution in [0.15, 0.2) is 46.9 Å². The number of carbonyl (C=O) groups is 2. The molecule has 0 radical (unpaired) electrons. The number of nitrogens with one attached hydrogen (secondary N) is 1. The van der Waals surface area contributed by atoms with Gasteiger partial charge in [0.2, 0.25) is 5.91 Å². The summed E-state index contributed by atoms with van der Waals surface area (Å²) in [7, 11) is 1.53. The lowest BCUT2D eigenvalue weighted by atomic mass is 10.1. The molecule has 1 N–H and O–H groups in total. The Morgan fingerprint density at radius 2 is 1.89 bits per heavy atom. The van der Waals surface area contributed by atoms with E-state index in [1.54, 1.807) is 25.1 Å². The molecule has 1 amide bonds. The molecule has 0 spiro atoms. The fraction of sp³-hybridized carbons (Fsp3) is 0.263. The van der Waals surface area contributed by atoms with Crippen LogP contribution in [-0.4, -0.2) is 37.0 Å². The molecule has 1 atom stereocenters. The van der Waals surface area contributed by atoms with Crippen LogP contribution in [0, 0.1) is 11.6 Å². The largest absolute Gasteiger partial charge is 0.465 e. The van der Waals surface area contributed by atoms with Gasteiger partial charge in [0.25, 0.3) is 0 Å². The Hall–Kier alpha value is -2.32. The van der Waals surface area contributed by atoms with Crippen molar-refractivity contribution in [1.82, 2.24) is 4.90 Å². The van der Waals surface area contributed by atoms with Gasteiger partial charge in [-0.2, -0.15) is 0 Å². The van der Waals surface area contributed by atoms with Gasteiger partial charge in [-0.3, -0.25) is 9.69 Å². The number of amides is 1. The highest BCUT2D eigenvalue weighted by atomic mass is 79.9. The normalized spacial score (nSPS) is 11.9. The lowest BCUT2D eigenvalue weighted by Gasteiger charge is -2.26. The van der Waals surface area contributed by atoms with E-state index in [1.807, 2.05) is 6.07 Å². The van der Waals surface area contributed by atoms with Crippen molar-refractivity contribution < 1.29 is 23.1 Å². The molecule has 0 aliphatic carbocycles. The van der Waals surface area contributed by atoms with Gasteiger partial charge < -0.3 is 10.1 Å². The molecule has 144 valence electrons. The molecule has 27 heavy (non-hydrogen) atoms. The monoisotopic (exact) mass is 440 g/mol. The topological polar surface area (TPSA) is 58.6 Å². The lowest BCUT2D eigenvalue weighted by Crippen LogP contribution is -2.38. The third kappa shape index (κ3) is 5.58. The van der Waals surface area contributed by atoms with Crippen molar-refractivity contribution in [3.05, 3.63) is 64.1 Å². The predicted molar refractivity (Wildman–Crippen MR) is 101 cm³/mol. The fourth-order valence-electron chi connectivity index (χ4n) is 2.54. The van der Waals surface area contributed by atoms with Crippen LogP contribution < -0.4 is 5.32 Å². The van der Waals surface area contributed by atoms with Gasteiger partial charge in [-0.15, -0.1) is 0 Å². The van der Waals surface area contributed by atoms with E-state index in [2.05, 4.69) is 21.2 Å². The quantitative estimate of drug-likeness (QED) is 0.663. The Labute approximate surface area is 164 Å². The van der Waals surface area contributed by atoms with Crippen LogP contribution in [0.5, 0.6) is 0 Å². The molecule has 0 unspecified atom stereocenters. The van der Waals surface area contributed by atoms with Gasteiger partial charge in [-0.25, -0.2) is 13.6 Å². The van der Waals surface area contributed by atoms with Crippen LogP contribution in [0.2, 0.25) is 0 Å². The van der Waals surface area contributed by atoms with E-state index in [9.17, 15) is 18.4 Å². The molecule has 2 aromatic rings. The highest BCUT2D eigenvalue weighted by Gasteiger charge is 2.29. The number of ether oxygens (including phenoxy) is 1. The number of esters is 1. The van der Waals surface area contributed by atoms with Crippen LogP contribution in [0.25, 0.3) is 0 Å². The number of benzene rings is 2. The first-order valence-corrected chi connectivity index (χ1v) is 8.99. The van der Waals surface area contributed by atoms with Crippen LogP contribution in [0.1, 0.15) is 18.5 Å². The van der Waals surface area contributed by atoms with E-state index in [4.69, 9.17) is 4.74 Å².